The summed E-state index contributed by atoms with van der Waals surface area (Å²) < 4.78 is 33.4. The lowest BCUT2D eigenvalue weighted by molar-refractivity contribution is 0.0832. The summed E-state index contributed by atoms with van der Waals surface area (Å²) in [6, 6.07) is -0.0144. The van der Waals surface area contributed by atoms with Crippen LogP contribution in [0, 0.1) is 6.92 Å². The maximum atomic E-state index is 12.7. The number of rotatable bonds is 7. The molecule has 0 bridgehead atoms. The maximum absolute atomic E-state index is 12.7. The van der Waals surface area contributed by atoms with Crippen LogP contribution >= 0.6 is 11.3 Å². The molecule has 7 heteroatoms. The van der Waals surface area contributed by atoms with E-state index in [1.807, 2.05) is 12.3 Å². The van der Waals surface area contributed by atoms with Crippen molar-refractivity contribution >= 4 is 21.4 Å². The fraction of sp³-hybridized carbons (Fsp3) is 0.714. The van der Waals surface area contributed by atoms with Crippen molar-refractivity contribution in [2.75, 3.05) is 19.8 Å². The Bertz CT molecular complexity index is 549. The number of hydrogen-bond donors (Lipinski definition) is 2. The number of nitrogens with one attached hydrogen (secondary N) is 2. The Labute approximate surface area is 131 Å². The quantitative estimate of drug-likeness (QED) is 0.750. The van der Waals surface area contributed by atoms with Crippen LogP contribution in [-0.4, -0.2) is 34.2 Å². The molecular weight excluding hydrogens is 308 g/mol. The first-order valence-corrected chi connectivity index (χ1v) is 9.78. The lowest BCUT2D eigenvalue weighted by Crippen LogP contribution is -2.39. The minimum absolute atomic E-state index is 0.0144. The van der Waals surface area contributed by atoms with E-state index in [0.29, 0.717) is 24.7 Å². The molecule has 1 aliphatic heterocycles. The molecule has 120 valence electrons. The summed E-state index contributed by atoms with van der Waals surface area (Å²) in [6.07, 6.45) is 2.52. The molecule has 0 aliphatic carbocycles. The van der Waals surface area contributed by atoms with Crippen LogP contribution < -0.4 is 10.0 Å². The van der Waals surface area contributed by atoms with E-state index in [9.17, 15) is 8.42 Å². The van der Waals surface area contributed by atoms with E-state index >= 15 is 0 Å². The highest BCUT2D eigenvalue weighted by molar-refractivity contribution is 7.89. The van der Waals surface area contributed by atoms with Gasteiger partial charge in [-0.1, -0.05) is 6.92 Å². The largest absolute Gasteiger partial charge is 0.381 e. The summed E-state index contributed by atoms with van der Waals surface area (Å²) in [5.74, 6) is 0. The Morgan fingerprint density at radius 3 is 2.76 bits per heavy atom. The number of hydrogen-bond acceptors (Lipinski definition) is 5. The first-order chi connectivity index (χ1) is 10.0. The minimum atomic E-state index is -3.45. The van der Waals surface area contributed by atoms with Gasteiger partial charge in [0.1, 0.15) is 4.90 Å². The third-order valence-electron chi connectivity index (χ3n) is 3.51. The van der Waals surface area contributed by atoms with Gasteiger partial charge in [-0.2, -0.15) is 0 Å². The van der Waals surface area contributed by atoms with Crippen LogP contribution in [0.25, 0.3) is 0 Å². The topological polar surface area (TPSA) is 67.4 Å². The van der Waals surface area contributed by atoms with Gasteiger partial charge in [-0.25, -0.2) is 13.1 Å². The number of ether oxygens (including phenoxy) is 1. The fourth-order valence-electron chi connectivity index (χ4n) is 2.44. The molecular formula is C14H24N2O3S2. The zero-order valence-electron chi connectivity index (χ0n) is 12.6. The lowest BCUT2D eigenvalue weighted by atomic mass is 10.1. The van der Waals surface area contributed by atoms with Gasteiger partial charge in [0.05, 0.1) is 0 Å². The highest BCUT2D eigenvalue weighted by atomic mass is 32.2. The second-order valence-electron chi connectivity index (χ2n) is 5.36. The number of sulfonamides is 1. The van der Waals surface area contributed by atoms with Gasteiger partial charge < -0.3 is 10.1 Å². The van der Waals surface area contributed by atoms with Crippen molar-refractivity contribution in [1.82, 2.24) is 10.0 Å². The average Bonchev–Trinajstić information content (AvgIpc) is 2.82. The monoisotopic (exact) mass is 332 g/mol. The number of thiophene rings is 1. The first kappa shape index (κ1) is 16.9. The SMILES string of the molecule is CCCNCc1scc(C)c1S(=O)(=O)NC1CCOCC1. The van der Waals surface area contributed by atoms with E-state index in [4.69, 9.17) is 4.74 Å². The second-order valence-corrected chi connectivity index (χ2v) is 7.97. The Hall–Kier alpha value is -0.470. The molecule has 21 heavy (non-hydrogen) atoms. The van der Waals surface area contributed by atoms with Crippen LogP contribution in [0.4, 0.5) is 0 Å². The summed E-state index contributed by atoms with van der Waals surface area (Å²) >= 11 is 1.51. The van der Waals surface area contributed by atoms with Gasteiger partial charge in [-0.05, 0) is 43.7 Å². The van der Waals surface area contributed by atoms with Gasteiger partial charge in [0, 0.05) is 30.7 Å². The molecule has 5 nitrogen and oxygen atoms in total. The molecule has 2 N–H and O–H groups in total. The van der Waals surface area contributed by atoms with E-state index in [1.165, 1.54) is 11.3 Å². The molecule has 0 saturated carbocycles. The van der Waals surface area contributed by atoms with Crippen LogP contribution in [0.5, 0.6) is 0 Å². The van der Waals surface area contributed by atoms with Crippen molar-refractivity contribution in [1.29, 1.82) is 0 Å². The van der Waals surface area contributed by atoms with Crippen molar-refractivity contribution in [2.24, 2.45) is 0 Å². The highest BCUT2D eigenvalue weighted by Crippen LogP contribution is 2.27. The van der Waals surface area contributed by atoms with E-state index < -0.39 is 10.0 Å². The Kier molecular flexibility index (Phi) is 6.19. The predicted octanol–water partition coefficient (Wildman–Crippen LogP) is 2.01. The Morgan fingerprint density at radius 1 is 1.38 bits per heavy atom. The lowest BCUT2D eigenvalue weighted by Gasteiger charge is -2.23. The van der Waals surface area contributed by atoms with Gasteiger partial charge in [0.2, 0.25) is 10.0 Å². The second kappa shape index (κ2) is 7.69. The summed E-state index contributed by atoms with van der Waals surface area (Å²) in [5, 5.41) is 5.20. The summed E-state index contributed by atoms with van der Waals surface area (Å²) in [5.41, 5.74) is 0.827. The van der Waals surface area contributed by atoms with Crippen LogP contribution in [0.3, 0.4) is 0 Å². The third kappa shape index (κ3) is 4.50. The van der Waals surface area contributed by atoms with Crippen molar-refractivity contribution in [3.63, 3.8) is 0 Å². The average molecular weight is 332 g/mol. The molecule has 1 aromatic rings. The van der Waals surface area contributed by atoms with Crippen molar-refractivity contribution in [3.05, 3.63) is 15.8 Å². The minimum Gasteiger partial charge on any atom is -0.381 e. The van der Waals surface area contributed by atoms with Crippen molar-refractivity contribution in [3.8, 4) is 0 Å². The van der Waals surface area contributed by atoms with Crippen LogP contribution in [0.1, 0.15) is 36.6 Å². The normalized spacial score (nSPS) is 17.2. The van der Waals surface area contributed by atoms with Crippen LogP contribution in [0.15, 0.2) is 10.3 Å². The highest BCUT2D eigenvalue weighted by Gasteiger charge is 2.26. The molecule has 2 heterocycles. The predicted molar refractivity (Wildman–Crippen MR) is 85.2 cm³/mol. The Balaban J connectivity index is 2.12. The molecule has 1 aliphatic rings. The molecule has 0 spiro atoms. The van der Waals surface area contributed by atoms with E-state index in [1.54, 1.807) is 0 Å². The van der Waals surface area contributed by atoms with Gasteiger partial charge >= 0.3 is 0 Å². The van der Waals surface area contributed by atoms with E-state index in [2.05, 4.69) is 17.0 Å². The molecule has 0 radical (unpaired) electrons. The first-order valence-electron chi connectivity index (χ1n) is 7.42. The van der Waals surface area contributed by atoms with Gasteiger partial charge in [-0.15, -0.1) is 11.3 Å². The fourth-order valence-corrected chi connectivity index (χ4v) is 5.53. The molecule has 1 fully saturated rings. The zero-order valence-corrected chi connectivity index (χ0v) is 14.3. The van der Waals surface area contributed by atoms with Crippen molar-refractivity contribution in [2.45, 2.75) is 50.6 Å². The van der Waals surface area contributed by atoms with Crippen molar-refractivity contribution < 1.29 is 13.2 Å². The molecule has 1 saturated heterocycles. The smallest absolute Gasteiger partial charge is 0.242 e. The van der Waals surface area contributed by atoms with Crippen LogP contribution in [0.2, 0.25) is 0 Å². The summed E-state index contributed by atoms with van der Waals surface area (Å²) in [7, 11) is -3.45. The molecule has 1 aromatic heterocycles. The summed E-state index contributed by atoms with van der Waals surface area (Å²) in [6.45, 7) is 6.71. The molecule has 0 aromatic carbocycles. The van der Waals surface area contributed by atoms with Crippen LogP contribution in [-0.2, 0) is 21.3 Å². The van der Waals surface area contributed by atoms with E-state index in [0.717, 1.165) is 36.2 Å². The molecule has 0 unspecified atom stereocenters. The van der Waals surface area contributed by atoms with Gasteiger partial charge in [0.25, 0.3) is 0 Å². The molecule has 0 atom stereocenters. The summed E-state index contributed by atoms with van der Waals surface area (Å²) in [4.78, 5) is 1.35. The number of aryl methyl sites for hydroxylation is 1. The maximum Gasteiger partial charge on any atom is 0.242 e. The molecule has 2 rings (SSSR count). The standard InChI is InChI=1S/C14H24N2O3S2/c1-3-6-15-9-13-14(11(2)10-20-13)21(17,18)16-12-4-7-19-8-5-12/h10,12,15-16H,3-9H2,1-2H3. The third-order valence-corrected chi connectivity index (χ3v) is 6.50. The zero-order chi connectivity index (χ0) is 15.3. The van der Waals surface area contributed by atoms with Gasteiger partial charge in [-0.3, -0.25) is 0 Å². The van der Waals surface area contributed by atoms with Gasteiger partial charge in [0.15, 0.2) is 0 Å². The Morgan fingerprint density at radius 2 is 2.10 bits per heavy atom. The van der Waals surface area contributed by atoms with E-state index in [-0.39, 0.29) is 6.04 Å². The molecule has 0 amide bonds.